The number of rotatable bonds is 6. The van der Waals surface area contributed by atoms with Gasteiger partial charge in [0.05, 0.1) is 0 Å². The Balaban J connectivity index is 2.46. The van der Waals surface area contributed by atoms with E-state index in [2.05, 4.69) is 40.1 Å². The zero-order valence-electron chi connectivity index (χ0n) is 14.7. The molecule has 0 aliphatic rings. The number of amides is 2. The van der Waals surface area contributed by atoms with Crippen LogP contribution in [0.2, 0.25) is 0 Å². The molecule has 0 radical (unpaired) electrons. The van der Waals surface area contributed by atoms with Crippen LogP contribution >= 0.6 is 0 Å². The molecule has 0 aliphatic heterocycles. The highest BCUT2D eigenvalue weighted by molar-refractivity contribution is 5.89. The second-order valence-electron chi connectivity index (χ2n) is 6.15. The van der Waals surface area contributed by atoms with Crippen molar-refractivity contribution in [3.8, 4) is 0 Å². The molecule has 0 bridgehead atoms. The summed E-state index contributed by atoms with van der Waals surface area (Å²) < 4.78 is 0. The van der Waals surface area contributed by atoms with Crippen molar-refractivity contribution in [2.24, 2.45) is 10.9 Å². The van der Waals surface area contributed by atoms with Crippen molar-refractivity contribution in [3.63, 3.8) is 0 Å². The summed E-state index contributed by atoms with van der Waals surface area (Å²) in [6.45, 7) is 9.72. The summed E-state index contributed by atoms with van der Waals surface area (Å²) in [7, 11) is 1.76. The van der Waals surface area contributed by atoms with Crippen LogP contribution in [0, 0.1) is 5.92 Å². The number of hydrogen-bond donors (Lipinski definition) is 4. The summed E-state index contributed by atoms with van der Waals surface area (Å²) >= 11 is 0. The van der Waals surface area contributed by atoms with E-state index < -0.39 is 0 Å². The van der Waals surface area contributed by atoms with E-state index in [1.54, 1.807) is 7.05 Å². The molecule has 0 atom stereocenters. The van der Waals surface area contributed by atoms with Crippen molar-refractivity contribution in [1.82, 2.24) is 16.0 Å². The molecule has 0 saturated heterocycles. The first-order valence-electron chi connectivity index (χ1n) is 8.01. The Bertz CT molecular complexity index is 508. The fraction of sp³-hybridized carbons (Fsp3) is 0.529. The van der Waals surface area contributed by atoms with Gasteiger partial charge in [0, 0.05) is 31.9 Å². The fourth-order valence-corrected chi connectivity index (χ4v) is 1.84. The van der Waals surface area contributed by atoms with Crippen molar-refractivity contribution in [2.45, 2.75) is 40.3 Å². The Kier molecular flexibility index (Phi) is 7.94. The predicted octanol–water partition coefficient (Wildman–Crippen LogP) is 2.54. The summed E-state index contributed by atoms with van der Waals surface area (Å²) in [4.78, 5) is 15.8. The fourth-order valence-electron chi connectivity index (χ4n) is 1.84. The Hall–Kier alpha value is -2.24. The van der Waals surface area contributed by atoms with E-state index in [1.165, 1.54) is 0 Å². The molecule has 4 N–H and O–H groups in total. The van der Waals surface area contributed by atoms with E-state index >= 15 is 0 Å². The van der Waals surface area contributed by atoms with Gasteiger partial charge in [-0.15, -0.1) is 0 Å². The normalized spacial score (nSPS) is 11.5. The quantitative estimate of drug-likeness (QED) is 0.481. The second-order valence-corrected chi connectivity index (χ2v) is 6.15. The Morgan fingerprint density at radius 2 is 1.74 bits per heavy atom. The molecule has 0 spiro atoms. The van der Waals surface area contributed by atoms with Crippen LogP contribution in [0.25, 0.3) is 0 Å². The predicted molar refractivity (Wildman–Crippen MR) is 96.8 cm³/mol. The first-order chi connectivity index (χ1) is 10.9. The molecule has 2 amide bonds. The molecule has 128 valence electrons. The Morgan fingerprint density at radius 1 is 1.09 bits per heavy atom. The molecule has 1 aromatic rings. The zero-order valence-corrected chi connectivity index (χ0v) is 14.7. The molecule has 6 nitrogen and oxygen atoms in total. The van der Waals surface area contributed by atoms with Crippen molar-refractivity contribution < 1.29 is 4.79 Å². The number of nitrogens with one attached hydrogen (secondary N) is 4. The lowest BCUT2D eigenvalue weighted by atomic mass is 10.2. The van der Waals surface area contributed by atoms with Gasteiger partial charge in [0.2, 0.25) is 0 Å². The number of carbonyl (C=O) groups excluding carboxylic acids is 1. The summed E-state index contributed by atoms with van der Waals surface area (Å²) in [6, 6.07) is 7.66. The molecule has 0 unspecified atom stereocenters. The van der Waals surface area contributed by atoms with Gasteiger partial charge < -0.3 is 21.3 Å². The van der Waals surface area contributed by atoms with Gasteiger partial charge in [-0.05, 0) is 37.5 Å². The lowest BCUT2D eigenvalue weighted by molar-refractivity contribution is 0.250. The van der Waals surface area contributed by atoms with Crippen molar-refractivity contribution in [2.75, 3.05) is 18.9 Å². The largest absolute Gasteiger partial charge is 0.356 e. The Morgan fingerprint density at radius 3 is 2.26 bits per heavy atom. The van der Waals surface area contributed by atoms with E-state index in [1.807, 2.05) is 38.1 Å². The third-order valence-corrected chi connectivity index (χ3v) is 2.99. The Labute approximate surface area is 139 Å². The standard InChI is InChI=1S/C17H29N5O/c1-12(2)10-19-16(18-5)20-11-14-6-8-15(9-7-14)22-17(23)21-13(3)4/h6-9,12-13H,10-11H2,1-5H3,(H2,18,19,20)(H2,21,22,23). The molecule has 0 aromatic heterocycles. The van der Waals surface area contributed by atoms with E-state index in [0.717, 1.165) is 23.8 Å². The van der Waals surface area contributed by atoms with Crippen molar-refractivity contribution >= 4 is 17.7 Å². The number of guanidine groups is 1. The van der Waals surface area contributed by atoms with Gasteiger partial charge in [-0.25, -0.2) is 4.79 Å². The third-order valence-electron chi connectivity index (χ3n) is 2.99. The molecule has 1 aromatic carbocycles. The van der Waals surface area contributed by atoms with Crippen LogP contribution in [-0.4, -0.2) is 31.6 Å². The number of benzene rings is 1. The third kappa shape index (κ3) is 8.09. The highest BCUT2D eigenvalue weighted by Gasteiger charge is 2.04. The number of anilines is 1. The molecular weight excluding hydrogens is 290 g/mol. The van der Waals surface area contributed by atoms with Crippen LogP contribution in [0.5, 0.6) is 0 Å². The van der Waals surface area contributed by atoms with Gasteiger partial charge in [0.15, 0.2) is 5.96 Å². The molecule has 0 saturated carbocycles. The van der Waals surface area contributed by atoms with Crippen LogP contribution in [0.3, 0.4) is 0 Å². The maximum atomic E-state index is 11.6. The summed E-state index contributed by atoms with van der Waals surface area (Å²) in [5.74, 6) is 1.35. The summed E-state index contributed by atoms with van der Waals surface area (Å²) in [5.41, 5.74) is 1.89. The van der Waals surface area contributed by atoms with Gasteiger partial charge in [0.1, 0.15) is 0 Å². The van der Waals surface area contributed by atoms with Crippen molar-refractivity contribution in [1.29, 1.82) is 0 Å². The lowest BCUT2D eigenvalue weighted by Crippen LogP contribution is -2.38. The van der Waals surface area contributed by atoms with E-state index in [9.17, 15) is 4.79 Å². The smallest absolute Gasteiger partial charge is 0.319 e. The SMILES string of the molecule is CN=C(NCc1ccc(NC(=O)NC(C)C)cc1)NCC(C)C. The van der Waals surface area contributed by atoms with Crippen LogP contribution < -0.4 is 21.3 Å². The minimum absolute atomic E-state index is 0.114. The average molecular weight is 319 g/mol. The molecule has 0 fully saturated rings. The van der Waals surface area contributed by atoms with E-state index in [0.29, 0.717) is 12.5 Å². The zero-order chi connectivity index (χ0) is 17.2. The first-order valence-corrected chi connectivity index (χ1v) is 8.01. The van der Waals surface area contributed by atoms with Gasteiger partial charge in [-0.3, -0.25) is 4.99 Å². The maximum Gasteiger partial charge on any atom is 0.319 e. The van der Waals surface area contributed by atoms with E-state index in [4.69, 9.17) is 0 Å². The molecule has 0 aliphatic carbocycles. The monoisotopic (exact) mass is 319 g/mol. The molecule has 23 heavy (non-hydrogen) atoms. The molecule has 6 heteroatoms. The highest BCUT2D eigenvalue weighted by Crippen LogP contribution is 2.09. The number of nitrogens with zero attached hydrogens (tertiary/aromatic N) is 1. The average Bonchev–Trinajstić information content (AvgIpc) is 2.48. The lowest BCUT2D eigenvalue weighted by Gasteiger charge is -2.14. The van der Waals surface area contributed by atoms with Gasteiger partial charge >= 0.3 is 6.03 Å². The molecule has 1 rings (SSSR count). The first kappa shape index (κ1) is 18.8. The van der Waals surface area contributed by atoms with Crippen LogP contribution in [0.1, 0.15) is 33.3 Å². The number of hydrogen-bond acceptors (Lipinski definition) is 2. The highest BCUT2D eigenvalue weighted by atomic mass is 16.2. The topological polar surface area (TPSA) is 77.5 Å². The number of urea groups is 1. The van der Waals surface area contributed by atoms with Gasteiger partial charge in [0.25, 0.3) is 0 Å². The number of carbonyl (C=O) groups is 1. The maximum absolute atomic E-state index is 11.6. The van der Waals surface area contributed by atoms with Gasteiger partial charge in [-0.2, -0.15) is 0 Å². The molecule has 0 heterocycles. The van der Waals surface area contributed by atoms with Crippen molar-refractivity contribution in [3.05, 3.63) is 29.8 Å². The summed E-state index contributed by atoms with van der Waals surface area (Å²) in [6.07, 6.45) is 0. The minimum atomic E-state index is -0.191. The van der Waals surface area contributed by atoms with Crippen LogP contribution in [0.15, 0.2) is 29.3 Å². The van der Waals surface area contributed by atoms with E-state index in [-0.39, 0.29) is 12.1 Å². The second kappa shape index (κ2) is 9.71. The number of aliphatic imine (C=N–C) groups is 1. The molecular formula is C17H29N5O. The minimum Gasteiger partial charge on any atom is -0.356 e. The summed E-state index contributed by atoms with van der Waals surface area (Å²) in [5, 5.41) is 12.1. The van der Waals surface area contributed by atoms with Gasteiger partial charge in [-0.1, -0.05) is 26.0 Å². The van der Waals surface area contributed by atoms with Crippen LogP contribution in [-0.2, 0) is 6.54 Å². The van der Waals surface area contributed by atoms with Crippen LogP contribution in [0.4, 0.5) is 10.5 Å².